The predicted molar refractivity (Wildman–Crippen MR) is 94.6 cm³/mol. The molecule has 4 atom stereocenters. The van der Waals surface area contributed by atoms with Crippen LogP contribution in [0.4, 0.5) is 0 Å². The largest absolute Gasteiger partial charge is 0.374 e. The molecule has 22 heavy (non-hydrogen) atoms. The van der Waals surface area contributed by atoms with Crippen LogP contribution in [0.5, 0.6) is 0 Å². The SMILES string of the molecule is CCC(CC)(CNC(=NC)N1CC2C3CCC(O3)C2C1)SC. The van der Waals surface area contributed by atoms with Gasteiger partial charge in [0.15, 0.2) is 5.96 Å². The first-order valence-corrected chi connectivity index (χ1v) is 10.0. The number of rotatable bonds is 5. The fraction of sp³-hybridized carbons (Fsp3) is 0.941. The Bertz CT molecular complexity index is 398. The monoisotopic (exact) mass is 325 g/mol. The summed E-state index contributed by atoms with van der Waals surface area (Å²) in [6, 6.07) is 0. The number of guanidine groups is 1. The highest BCUT2D eigenvalue weighted by Gasteiger charge is 2.53. The van der Waals surface area contributed by atoms with Gasteiger partial charge in [-0.2, -0.15) is 11.8 Å². The van der Waals surface area contributed by atoms with Crippen LogP contribution in [-0.2, 0) is 4.74 Å². The van der Waals surface area contributed by atoms with Crippen molar-refractivity contribution in [1.82, 2.24) is 10.2 Å². The molecule has 1 N–H and O–H groups in total. The average molecular weight is 326 g/mol. The van der Waals surface area contributed by atoms with Gasteiger partial charge in [-0.25, -0.2) is 0 Å². The van der Waals surface area contributed by atoms with Crippen LogP contribution < -0.4 is 5.32 Å². The summed E-state index contributed by atoms with van der Waals surface area (Å²) in [6.45, 7) is 7.83. The third-order valence-electron chi connectivity index (χ3n) is 6.25. The summed E-state index contributed by atoms with van der Waals surface area (Å²) in [5.74, 6) is 2.56. The summed E-state index contributed by atoms with van der Waals surface area (Å²) in [5, 5.41) is 3.66. The molecule has 126 valence electrons. The Morgan fingerprint density at radius 3 is 2.27 bits per heavy atom. The summed E-state index contributed by atoms with van der Waals surface area (Å²) in [6.07, 6.45) is 8.20. The number of nitrogens with one attached hydrogen (secondary N) is 1. The number of nitrogens with zero attached hydrogens (tertiary/aromatic N) is 2. The molecule has 4 unspecified atom stereocenters. The fourth-order valence-electron chi connectivity index (χ4n) is 4.57. The molecule has 2 bridgehead atoms. The fourth-order valence-corrected chi connectivity index (χ4v) is 5.36. The molecule has 5 heteroatoms. The van der Waals surface area contributed by atoms with Crippen LogP contribution in [0.2, 0.25) is 0 Å². The summed E-state index contributed by atoms with van der Waals surface area (Å²) in [7, 11) is 1.92. The van der Waals surface area contributed by atoms with E-state index in [0.29, 0.717) is 17.0 Å². The van der Waals surface area contributed by atoms with Crippen molar-refractivity contribution < 1.29 is 4.74 Å². The van der Waals surface area contributed by atoms with Gasteiger partial charge in [0.1, 0.15) is 0 Å². The molecule has 3 saturated heterocycles. The number of hydrogen-bond acceptors (Lipinski definition) is 3. The van der Waals surface area contributed by atoms with Crippen LogP contribution in [0.3, 0.4) is 0 Å². The first kappa shape index (κ1) is 16.4. The maximum Gasteiger partial charge on any atom is 0.193 e. The molecule has 0 aromatic carbocycles. The molecule has 0 aliphatic carbocycles. The zero-order valence-electron chi connectivity index (χ0n) is 14.5. The Kier molecular flexibility index (Phi) is 4.93. The topological polar surface area (TPSA) is 36.9 Å². The van der Waals surface area contributed by atoms with Gasteiger partial charge in [0.2, 0.25) is 0 Å². The lowest BCUT2D eigenvalue weighted by molar-refractivity contribution is 0.0767. The zero-order valence-corrected chi connectivity index (χ0v) is 15.3. The number of ether oxygens (including phenoxy) is 1. The van der Waals surface area contributed by atoms with Crippen LogP contribution >= 0.6 is 11.8 Å². The Morgan fingerprint density at radius 2 is 1.82 bits per heavy atom. The number of thioether (sulfide) groups is 1. The van der Waals surface area contributed by atoms with E-state index >= 15 is 0 Å². The lowest BCUT2D eigenvalue weighted by Crippen LogP contribution is -2.47. The van der Waals surface area contributed by atoms with Gasteiger partial charge in [-0.1, -0.05) is 13.8 Å². The van der Waals surface area contributed by atoms with Crippen LogP contribution in [0.25, 0.3) is 0 Å². The second-order valence-corrected chi connectivity index (χ2v) is 8.29. The first-order chi connectivity index (χ1) is 10.7. The molecule has 0 saturated carbocycles. The highest BCUT2D eigenvalue weighted by atomic mass is 32.2. The summed E-state index contributed by atoms with van der Waals surface area (Å²) < 4.78 is 6.40. The molecule has 3 rings (SSSR count). The van der Waals surface area contributed by atoms with E-state index in [1.807, 2.05) is 18.8 Å². The van der Waals surface area contributed by atoms with Gasteiger partial charge in [-0.3, -0.25) is 4.99 Å². The van der Waals surface area contributed by atoms with E-state index in [9.17, 15) is 0 Å². The van der Waals surface area contributed by atoms with Crippen molar-refractivity contribution in [2.45, 2.75) is 56.5 Å². The van der Waals surface area contributed by atoms with Gasteiger partial charge in [0, 0.05) is 43.3 Å². The molecular weight excluding hydrogens is 294 g/mol. The van der Waals surface area contributed by atoms with Crippen LogP contribution in [0, 0.1) is 11.8 Å². The van der Waals surface area contributed by atoms with Gasteiger partial charge in [0.05, 0.1) is 12.2 Å². The van der Waals surface area contributed by atoms with Crippen molar-refractivity contribution in [2.24, 2.45) is 16.8 Å². The van der Waals surface area contributed by atoms with E-state index in [1.54, 1.807) is 0 Å². The minimum absolute atomic E-state index is 0.327. The molecule has 4 nitrogen and oxygen atoms in total. The summed E-state index contributed by atoms with van der Waals surface area (Å²) >= 11 is 1.98. The van der Waals surface area contributed by atoms with E-state index in [1.165, 1.54) is 25.7 Å². The molecule has 3 aliphatic heterocycles. The normalized spacial score (nSPS) is 34.4. The second kappa shape index (κ2) is 6.60. The molecule has 0 spiro atoms. The lowest BCUT2D eigenvalue weighted by atomic mass is 9.82. The number of likely N-dealkylation sites (tertiary alicyclic amines) is 1. The quantitative estimate of drug-likeness (QED) is 0.623. The van der Waals surface area contributed by atoms with E-state index in [4.69, 9.17) is 4.74 Å². The Morgan fingerprint density at radius 1 is 1.23 bits per heavy atom. The van der Waals surface area contributed by atoms with Crippen molar-refractivity contribution in [3.8, 4) is 0 Å². The molecule has 0 amide bonds. The smallest absolute Gasteiger partial charge is 0.193 e. The standard InChI is InChI=1S/C17H31N3OS/c1-5-17(6-2,22-4)11-19-16(18-3)20-9-12-13(10-20)15-8-7-14(12)21-15/h12-15H,5-11H2,1-4H3,(H,18,19). The van der Waals surface area contributed by atoms with E-state index in [2.05, 4.69) is 35.3 Å². The van der Waals surface area contributed by atoms with Gasteiger partial charge in [-0.05, 0) is 31.9 Å². The van der Waals surface area contributed by atoms with Gasteiger partial charge in [-0.15, -0.1) is 0 Å². The molecule has 0 aromatic heterocycles. The third kappa shape index (κ3) is 2.75. The Labute approximate surface area is 139 Å². The molecule has 0 aromatic rings. The second-order valence-electron chi connectivity index (χ2n) is 7.02. The predicted octanol–water partition coefficient (Wildman–Crippen LogP) is 2.59. The van der Waals surface area contributed by atoms with Crippen molar-refractivity contribution in [3.05, 3.63) is 0 Å². The Balaban J connectivity index is 1.59. The van der Waals surface area contributed by atoms with Crippen molar-refractivity contribution in [2.75, 3.05) is 32.9 Å². The number of hydrogen-bond donors (Lipinski definition) is 1. The third-order valence-corrected chi connectivity index (χ3v) is 7.84. The molecule has 3 aliphatic rings. The van der Waals surface area contributed by atoms with Gasteiger partial charge < -0.3 is 15.0 Å². The summed E-state index contributed by atoms with van der Waals surface area (Å²) in [4.78, 5) is 7.03. The first-order valence-electron chi connectivity index (χ1n) is 8.82. The van der Waals surface area contributed by atoms with Crippen LogP contribution in [0.1, 0.15) is 39.5 Å². The van der Waals surface area contributed by atoms with E-state index in [-0.39, 0.29) is 0 Å². The minimum Gasteiger partial charge on any atom is -0.374 e. The van der Waals surface area contributed by atoms with Crippen LogP contribution in [0.15, 0.2) is 4.99 Å². The zero-order chi connectivity index (χ0) is 15.7. The lowest BCUT2D eigenvalue weighted by Gasteiger charge is -2.32. The maximum absolute atomic E-state index is 6.08. The van der Waals surface area contributed by atoms with E-state index in [0.717, 1.165) is 37.4 Å². The molecule has 3 fully saturated rings. The van der Waals surface area contributed by atoms with Crippen LogP contribution in [-0.4, -0.2) is 60.8 Å². The van der Waals surface area contributed by atoms with Gasteiger partial charge in [0.25, 0.3) is 0 Å². The molecule has 0 radical (unpaired) electrons. The Hall–Kier alpha value is -0.420. The molecular formula is C17H31N3OS. The van der Waals surface area contributed by atoms with Crippen molar-refractivity contribution in [3.63, 3.8) is 0 Å². The molecule has 3 heterocycles. The number of aliphatic imine (C=N–C) groups is 1. The minimum atomic E-state index is 0.327. The highest BCUT2D eigenvalue weighted by Crippen LogP contribution is 2.47. The van der Waals surface area contributed by atoms with Crippen molar-refractivity contribution in [1.29, 1.82) is 0 Å². The van der Waals surface area contributed by atoms with Gasteiger partial charge >= 0.3 is 0 Å². The summed E-state index contributed by atoms with van der Waals surface area (Å²) in [5.41, 5.74) is 0. The average Bonchev–Trinajstić information content (AvgIpc) is 3.24. The van der Waals surface area contributed by atoms with E-state index < -0.39 is 0 Å². The number of fused-ring (bicyclic) bond motifs is 5. The van der Waals surface area contributed by atoms with Crippen molar-refractivity contribution >= 4 is 17.7 Å². The highest BCUT2D eigenvalue weighted by molar-refractivity contribution is 8.00. The maximum atomic E-state index is 6.08.